The van der Waals surface area contributed by atoms with Gasteiger partial charge in [-0.15, -0.1) is 11.8 Å². The highest BCUT2D eigenvalue weighted by molar-refractivity contribution is 8.00. The van der Waals surface area contributed by atoms with E-state index in [9.17, 15) is 9.59 Å². The van der Waals surface area contributed by atoms with Crippen molar-refractivity contribution in [2.24, 2.45) is 0 Å². The second-order valence-corrected chi connectivity index (χ2v) is 7.61. The second-order valence-electron chi connectivity index (χ2n) is 6.19. The Morgan fingerprint density at radius 1 is 1.19 bits per heavy atom. The fraction of sp³-hybridized carbons (Fsp3) is 0.333. The van der Waals surface area contributed by atoms with Gasteiger partial charge in [-0.25, -0.2) is 0 Å². The SMILES string of the molecule is CCc1ccccc1NC(=O)CN(C)C(=O)C(C)Sc1cccc(OC)c1. The van der Waals surface area contributed by atoms with Crippen LogP contribution in [-0.4, -0.2) is 42.7 Å². The molecule has 0 radical (unpaired) electrons. The molecular formula is C21H26N2O3S. The number of likely N-dealkylation sites (N-methyl/N-ethyl adjacent to an activating group) is 1. The van der Waals surface area contributed by atoms with Crippen LogP contribution in [0.1, 0.15) is 19.4 Å². The van der Waals surface area contributed by atoms with Crippen LogP contribution >= 0.6 is 11.8 Å². The minimum Gasteiger partial charge on any atom is -0.497 e. The summed E-state index contributed by atoms with van der Waals surface area (Å²) in [4.78, 5) is 27.3. The van der Waals surface area contributed by atoms with Gasteiger partial charge in [-0.2, -0.15) is 0 Å². The van der Waals surface area contributed by atoms with Crippen molar-refractivity contribution in [1.29, 1.82) is 0 Å². The molecule has 0 spiro atoms. The molecule has 0 saturated carbocycles. The Morgan fingerprint density at radius 2 is 1.93 bits per heavy atom. The fourth-order valence-corrected chi connectivity index (χ4v) is 3.70. The van der Waals surface area contributed by atoms with Gasteiger partial charge in [-0.1, -0.05) is 31.2 Å². The van der Waals surface area contributed by atoms with Crippen LogP contribution in [0.4, 0.5) is 5.69 Å². The van der Waals surface area contributed by atoms with E-state index in [0.717, 1.165) is 28.3 Å². The molecule has 6 heteroatoms. The molecule has 2 amide bonds. The van der Waals surface area contributed by atoms with Crippen LogP contribution in [0, 0.1) is 0 Å². The number of thioether (sulfide) groups is 1. The molecule has 2 rings (SSSR count). The number of aryl methyl sites for hydroxylation is 1. The predicted octanol–water partition coefficient (Wildman–Crippen LogP) is 3.84. The maximum Gasteiger partial charge on any atom is 0.243 e. The average Bonchev–Trinajstić information content (AvgIpc) is 2.67. The number of hydrogen-bond donors (Lipinski definition) is 1. The van der Waals surface area contributed by atoms with Gasteiger partial charge in [0, 0.05) is 17.6 Å². The van der Waals surface area contributed by atoms with Crippen molar-refractivity contribution in [3.63, 3.8) is 0 Å². The molecule has 5 nitrogen and oxygen atoms in total. The Balaban J connectivity index is 1.92. The van der Waals surface area contributed by atoms with E-state index in [2.05, 4.69) is 5.32 Å². The summed E-state index contributed by atoms with van der Waals surface area (Å²) in [7, 11) is 3.26. The fourth-order valence-electron chi connectivity index (χ4n) is 2.67. The van der Waals surface area contributed by atoms with Crippen molar-refractivity contribution >= 4 is 29.3 Å². The first-order valence-corrected chi connectivity index (χ1v) is 9.76. The minimum absolute atomic E-state index is 0.0138. The number of anilines is 1. The van der Waals surface area contributed by atoms with E-state index >= 15 is 0 Å². The molecule has 1 N–H and O–H groups in total. The third-order valence-corrected chi connectivity index (χ3v) is 5.21. The van der Waals surface area contributed by atoms with Gasteiger partial charge in [0.05, 0.1) is 18.9 Å². The third-order valence-electron chi connectivity index (χ3n) is 4.13. The van der Waals surface area contributed by atoms with Crippen LogP contribution in [0.15, 0.2) is 53.4 Å². The maximum atomic E-state index is 12.6. The van der Waals surface area contributed by atoms with Gasteiger partial charge in [0.1, 0.15) is 5.75 Å². The molecule has 0 saturated heterocycles. The van der Waals surface area contributed by atoms with Gasteiger partial charge in [0.2, 0.25) is 11.8 Å². The average molecular weight is 387 g/mol. The van der Waals surface area contributed by atoms with Gasteiger partial charge < -0.3 is 15.0 Å². The van der Waals surface area contributed by atoms with E-state index in [1.54, 1.807) is 14.2 Å². The lowest BCUT2D eigenvalue weighted by Crippen LogP contribution is -2.39. The van der Waals surface area contributed by atoms with Gasteiger partial charge in [0.15, 0.2) is 0 Å². The number of carbonyl (C=O) groups is 2. The lowest BCUT2D eigenvalue weighted by Gasteiger charge is -2.21. The molecule has 0 heterocycles. The smallest absolute Gasteiger partial charge is 0.243 e. The highest BCUT2D eigenvalue weighted by Crippen LogP contribution is 2.27. The number of benzene rings is 2. The summed E-state index contributed by atoms with van der Waals surface area (Å²) in [6.45, 7) is 3.89. The number of para-hydroxylation sites is 1. The zero-order valence-corrected chi connectivity index (χ0v) is 17.0. The molecule has 2 aromatic carbocycles. The standard InChI is InChI=1S/C21H26N2O3S/c1-5-16-9-6-7-12-19(16)22-20(24)14-23(3)21(25)15(2)27-18-11-8-10-17(13-18)26-4/h6-13,15H,5,14H2,1-4H3,(H,22,24). The van der Waals surface area contributed by atoms with Gasteiger partial charge in [0.25, 0.3) is 0 Å². The normalized spacial score (nSPS) is 11.6. The van der Waals surface area contributed by atoms with Crippen LogP contribution in [0.2, 0.25) is 0 Å². The largest absolute Gasteiger partial charge is 0.497 e. The topological polar surface area (TPSA) is 58.6 Å². The number of methoxy groups -OCH3 is 1. The van der Waals surface area contributed by atoms with Crippen LogP contribution in [-0.2, 0) is 16.0 Å². The third kappa shape index (κ3) is 6.03. The predicted molar refractivity (Wildman–Crippen MR) is 110 cm³/mol. The first-order chi connectivity index (χ1) is 12.9. The highest BCUT2D eigenvalue weighted by atomic mass is 32.2. The number of ether oxygens (including phenoxy) is 1. The second kappa shape index (κ2) is 10.0. The summed E-state index contributed by atoms with van der Waals surface area (Å²) in [5.74, 6) is 0.453. The number of hydrogen-bond acceptors (Lipinski definition) is 4. The van der Waals surface area contributed by atoms with Crippen LogP contribution in [0.3, 0.4) is 0 Å². The van der Waals surface area contributed by atoms with Crippen molar-refractivity contribution < 1.29 is 14.3 Å². The van der Waals surface area contributed by atoms with Crippen LogP contribution < -0.4 is 10.1 Å². The number of rotatable bonds is 8. The summed E-state index contributed by atoms with van der Waals surface area (Å²) in [6.07, 6.45) is 0.833. The Bertz CT molecular complexity index is 795. The van der Waals surface area contributed by atoms with Crippen LogP contribution in [0.25, 0.3) is 0 Å². The van der Waals surface area contributed by atoms with Gasteiger partial charge in [-0.3, -0.25) is 9.59 Å². The molecule has 0 aliphatic heterocycles. The molecule has 144 valence electrons. The van der Waals surface area contributed by atoms with E-state index in [1.165, 1.54) is 16.7 Å². The summed E-state index contributed by atoms with van der Waals surface area (Å²) in [6, 6.07) is 15.3. The van der Waals surface area contributed by atoms with E-state index in [1.807, 2.05) is 62.4 Å². The Kier molecular flexibility index (Phi) is 7.73. The summed E-state index contributed by atoms with van der Waals surface area (Å²) < 4.78 is 5.21. The molecule has 0 aliphatic rings. The first kappa shape index (κ1) is 20.8. The van der Waals surface area contributed by atoms with Crippen molar-refractivity contribution in [1.82, 2.24) is 4.90 Å². The number of amides is 2. The molecule has 0 aliphatic carbocycles. The lowest BCUT2D eigenvalue weighted by atomic mass is 10.1. The molecule has 1 unspecified atom stereocenters. The van der Waals surface area contributed by atoms with E-state index in [-0.39, 0.29) is 23.6 Å². The first-order valence-electron chi connectivity index (χ1n) is 8.88. The van der Waals surface area contributed by atoms with Gasteiger partial charge >= 0.3 is 0 Å². The number of carbonyl (C=O) groups excluding carboxylic acids is 2. The number of nitrogens with zero attached hydrogens (tertiary/aromatic N) is 1. The quantitative estimate of drug-likeness (QED) is 0.701. The van der Waals surface area contributed by atoms with Crippen molar-refractivity contribution in [2.45, 2.75) is 30.4 Å². The highest BCUT2D eigenvalue weighted by Gasteiger charge is 2.21. The van der Waals surface area contributed by atoms with E-state index in [4.69, 9.17) is 4.74 Å². The van der Waals surface area contributed by atoms with Gasteiger partial charge in [-0.05, 0) is 43.2 Å². The maximum absolute atomic E-state index is 12.6. The molecule has 1 atom stereocenters. The molecule has 0 fully saturated rings. The van der Waals surface area contributed by atoms with Crippen molar-refractivity contribution in [2.75, 3.05) is 26.0 Å². The zero-order chi connectivity index (χ0) is 19.8. The molecule has 0 bridgehead atoms. The van der Waals surface area contributed by atoms with Crippen molar-refractivity contribution in [3.05, 3.63) is 54.1 Å². The Hall–Kier alpha value is -2.47. The number of nitrogens with one attached hydrogen (secondary N) is 1. The van der Waals surface area contributed by atoms with Crippen LogP contribution in [0.5, 0.6) is 5.75 Å². The summed E-state index contributed by atoms with van der Waals surface area (Å²) in [5, 5.41) is 2.59. The summed E-state index contributed by atoms with van der Waals surface area (Å²) >= 11 is 1.44. The molecule has 27 heavy (non-hydrogen) atoms. The monoisotopic (exact) mass is 386 g/mol. The van der Waals surface area contributed by atoms with E-state index in [0.29, 0.717) is 0 Å². The zero-order valence-electron chi connectivity index (χ0n) is 16.2. The Morgan fingerprint density at radius 3 is 2.63 bits per heavy atom. The summed E-state index contributed by atoms with van der Waals surface area (Å²) in [5.41, 5.74) is 1.87. The van der Waals surface area contributed by atoms with Crippen molar-refractivity contribution in [3.8, 4) is 5.75 Å². The Labute approximate surface area is 165 Å². The van der Waals surface area contributed by atoms with E-state index < -0.39 is 0 Å². The minimum atomic E-state index is -0.308. The molecule has 2 aromatic rings. The molecular weight excluding hydrogens is 360 g/mol. The lowest BCUT2D eigenvalue weighted by molar-refractivity contribution is -0.132. The molecule has 0 aromatic heterocycles.